The molecule has 6 nitrogen and oxygen atoms in total. The van der Waals surface area contributed by atoms with Crippen LogP contribution in [0.4, 0.5) is 0 Å². The van der Waals surface area contributed by atoms with Gasteiger partial charge in [-0.2, -0.15) is 4.31 Å². The summed E-state index contributed by atoms with van der Waals surface area (Å²) in [7, 11) is -1.99. The Hall–Kier alpha value is -1.64. The number of nitrogens with zero attached hydrogens (tertiary/aromatic N) is 2. The van der Waals surface area contributed by atoms with E-state index in [1.807, 2.05) is 6.07 Å². The van der Waals surface area contributed by atoms with Gasteiger partial charge < -0.3 is 9.47 Å². The van der Waals surface area contributed by atoms with E-state index in [0.29, 0.717) is 31.1 Å². The maximum Gasteiger partial charge on any atom is 0.243 e. The van der Waals surface area contributed by atoms with Crippen LogP contribution in [0.3, 0.4) is 0 Å². The van der Waals surface area contributed by atoms with Crippen molar-refractivity contribution in [3.8, 4) is 11.6 Å². The first-order valence-electron chi connectivity index (χ1n) is 7.42. The highest BCUT2D eigenvalue weighted by molar-refractivity contribution is 9.10. The Morgan fingerprint density at radius 2 is 2.00 bits per heavy atom. The Morgan fingerprint density at radius 3 is 2.67 bits per heavy atom. The number of halogens is 1. The Balaban J connectivity index is 1.71. The number of sulfonamides is 1. The number of aromatic nitrogens is 1. The highest BCUT2D eigenvalue weighted by atomic mass is 79.9. The van der Waals surface area contributed by atoms with E-state index in [-0.39, 0.29) is 11.0 Å². The van der Waals surface area contributed by atoms with E-state index in [2.05, 4.69) is 20.9 Å². The predicted octanol–water partition coefficient (Wildman–Crippen LogP) is 2.69. The van der Waals surface area contributed by atoms with Crippen molar-refractivity contribution in [2.45, 2.75) is 17.4 Å². The number of rotatable bonds is 5. The predicted molar refractivity (Wildman–Crippen MR) is 92.7 cm³/mol. The van der Waals surface area contributed by atoms with Gasteiger partial charge in [-0.25, -0.2) is 13.4 Å². The maximum absolute atomic E-state index is 12.7. The molecule has 3 rings (SSSR count). The summed E-state index contributed by atoms with van der Waals surface area (Å²) >= 11 is 3.38. The summed E-state index contributed by atoms with van der Waals surface area (Å²) in [5.74, 6) is 1.10. The van der Waals surface area contributed by atoms with Crippen molar-refractivity contribution in [2.75, 3.05) is 20.2 Å². The van der Waals surface area contributed by atoms with Crippen molar-refractivity contribution in [3.63, 3.8) is 0 Å². The van der Waals surface area contributed by atoms with Crippen LogP contribution in [0.15, 0.2) is 52.0 Å². The van der Waals surface area contributed by atoms with Gasteiger partial charge in [-0.15, -0.1) is 0 Å². The van der Waals surface area contributed by atoms with E-state index < -0.39 is 10.0 Å². The first-order chi connectivity index (χ1) is 11.5. The van der Waals surface area contributed by atoms with Crippen molar-refractivity contribution in [3.05, 3.63) is 47.1 Å². The third-order valence-corrected chi connectivity index (χ3v) is 6.29. The number of pyridine rings is 1. The third-order valence-electron chi connectivity index (χ3n) is 3.81. The van der Waals surface area contributed by atoms with Gasteiger partial charge in [-0.3, -0.25) is 0 Å². The van der Waals surface area contributed by atoms with E-state index in [1.165, 1.54) is 4.31 Å². The molecule has 0 saturated carbocycles. The van der Waals surface area contributed by atoms with Crippen LogP contribution in [0.25, 0.3) is 0 Å². The molecule has 1 aromatic carbocycles. The topological polar surface area (TPSA) is 68.7 Å². The van der Waals surface area contributed by atoms with Gasteiger partial charge in [0.2, 0.25) is 15.9 Å². The molecule has 1 unspecified atom stereocenters. The first-order valence-corrected chi connectivity index (χ1v) is 9.65. The molecule has 0 spiro atoms. The summed E-state index contributed by atoms with van der Waals surface area (Å²) in [5.41, 5.74) is 0. The van der Waals surface area contributed by atoms with Crippen LogP contribution in [-0.4, -0.2) is 44.0 Å². The first kappa shape index (κ1) is 17.2. The number of benzene rings is 1. The average Bonchev–Trinajstić information content (AvgIpc) is 3.06. The standard InChI is InChI=1S/C16H17BrN2O4S/c1-22-12-4-6-14(7-5-12)24(20,21)19-10-8-13(11-19)23-16-15(17)3-2-9-18-16/h2-7,9,13H,8,10-11H2,1H3. The van der Waals surface area contributed by atoms with Crippen LogP contribution >= 0.6 is 15.9 Å². The lowest BCUT2D eigenvalue weighted by Crippen LogP contribution is -2.31. The minimum atomic E-state index is -3.53. The Bertz CT molecular complexity index is 811. The zero-order chi connectivity index (χ0) is 17.2. The molecule has 0 bridgehead atoms. The molecule has 1 aliphatic rings. The molecule has 0 radical (unpaired) electrons. The molecule has 0 N–H and O–H groups in total. The molecular formula is C16H17BrN2O4S. The van der Waals surface area contributed by atoms with E-state index in [1.54, 1.807) is 43.6 Å². The number of methoxy groups -OCH3 is 1. The second-order valence-electron chi connectivity index (χ2n) is 5.36. The van der Waals surface area contributed by atoms with Gasteiger partial charge in [0.1, 0.15) is 11.9 Å². The van der Waals surface area contributed by atoms with Gasteiger partial charge in [0.05, 0.1) is 23.0 Å². The van der Waals surface area contributed by atoms with E-state index >= 15 is 0 Å². The lowest BCUT2D eigenvalue weighted by atomic mass is 10.3. The fourth-order valence-corrected chi connectivity index (χ4v) is 4.36. The molecule has 0 aliphatic carbocycles. The highest BCUT2D eigenvalue weighted by Gasteiger charge is 2.34. The van der Waals surface area contributed by atoms with Gasteiger partial charge >= 0.3 is 0 Å². The number of hydrogen-bond acceptors (Lipinski definition) is 5. The molecule has 1 saturated heterocycles. The third kappa shape index (κ3) is 3.55. The van der Waals surface area contributed by atoms with Crippen LogP contribution < -0.4 is 9.47 Å². The smallest absolute Gasteiger partial charge is 0.243 e. The lowest BCUT2D eigenvalue weighted by Gasteiger charge is -2.17. The van der Waals surface area contributed by atoms with Crippen LogP contribution in [-0.2, 0) is 10.0 Å². The Kier molecular flexibility index (Phi) is 5.07. The zero-order valence-electron chi connectivity index (χ0n) is 13.1. The Morgan fingerprint density at radius 1 is 1.25 bits per heavy atom. The summed E-state index contributed by atoms with van der Waals surface area (Å²) in [6.45, 7) is 0.723. The van der Waals surface area contributed by atoms with E-state index in [0.717, 1.165) is 4.47 Å². The molecule has 2 heterocycles. The summed E-state index contributed by atoms with van der Waals surface area (Å²) in [6.07, 6.45) is 2.04. The average molecular weight is 413 g/mol. The van der Waals surface area contributed by atoms with Crippen molar-refractivity contribution >= 4 is 26.0 Å². The van der Waals surface area contributed by atoms with E-state index in [4.69, 9.17) is 9.47 Å². The van der Waals surface area contributed by atoms with Crippen molar-refractivity contribution < 1.29 is 17.9 Å². The van der Waals surface area contributed by atoms with E-state index in [9.17, 15) is 8.42 Å². The summed E-state index contributed by atoms with van der Waals surface area (Å²) < 4.78 is 38.5. The fourth-order valence-electron chi connectivity index (χ4n) is 2.52. The maximum atomic E-state index is 12.7. The summed E-state index contributed by atoms with van der Waals surface area (Å²) in [4.78, 5) is 4.41. The SMILES string of the molecule is COc1ccc(S(=O)(=O)N2CCC(Oc3ncccc3Br)C2)cc1. The number of hydrogen-bond donors (Lipinski definition) is 0. The fraction of sp³-hybridized carbons (Fsp3) is 0.312. The van der Waals surface area contributed by atoms with Crippen molar-refractivity contribution in [2.24, 2.45) is 0 Å². The van der Waals surface area contributed by atoms with Gasteiger partial charge in [0.15, 0.2) is 0 Å². The zero-order valence-corrected chi connectivity index (χ0v) is 15.5. The molecule has 0 amide bonds. The van der Waals surface area contributed by atoms with Crippen LogP contribution in [0.5, 0.6) is 11.6 Å². The normalized spacial score (nSPS) is 18.5. The summed E-state index contributed by atoms with van der Waals surface area (Å²) in [6, 6.07) is 10.0. The second-order valence-corrected chi connectivity index (χ2v) is 8.15. The molecule has 128 valence electrons. The van der Waals surface area contributed by atoms with Crippen LogP contribution in [0, 0.1) is 0 Å². The molecule has 1 atom stereocenters. The molecule has 8 heteroatoms. The molecule has 2 aromatic rings. The van der Waals surface area contributed by atoms with Gasteiger partial charge in [-0.05, 0) is 58.7 Å². The lowest BCUT2D eigenvalue weighted by molar-refractivity contribution is 0.205. The molecule has 1 aromatic heterocycles. The quantitative estimate of drug-likeness (QED) is 0.754. The number of ether oxygens (including phenoxy) is 2. The monoisotopic (exact) mass is 412 g/mol. The van der Waals surface area contributed by atoms with Crippen molar-refractivity contribution in [1.82, 2.24) is 9.29 Å². The second kappa shape index (κ2) is 7.08. The molecule has 24 heavy (non-hydrogen) atoms. The minimum Gasteiger partial charge on any atom is -0.497 e. The molecule has 1 aliphatic heterocycles. The van der Waals surface area contributed by atoms with Crippen LogP contribution in [0.2, 0.25) is 0 Å². The van der Waals surface area contributed by atoms with Gasteiger partial charge in [0.25, 0.3) is 0 Å². The van der Waals surface area contributed by atoms with Gasteiger partial charge in [-0.1, -0.05) is 0 Å². The highest BCUT2D eigenvalue weighted by Crippen LogP contribution is 2.27. The van der Waals surface area contributed by atoms with Crippen molar-refractivity contribution in [1.29, 1.82) is 0 Å². The summed E-state index contributed by atoms with van der Waals surface area (Å²) in [5, 5.41) is 0. The van der Waals surface area contributed by atoms with Crippen LogP contribution in [0.1, 0.15) is 6.42 Å². The minimum absolute atomic E-state index is 0.218. The Labute approximate surface area is 149 Å². The largest absolute Gasteiger partial charge is 0.497 e. The van der Waals surface area contributed by atoms with Gasteiger partial charge in [0, 0.05) is 12.7 Å². The molecule has 1 fully saturated rings. The molecular weight excluding hydrogens is 396 g/mol.